The van der Waals surface area contributed by atoms with Crippen LogP contribution in [-0.2, 0) is 11.2 Å². The number of halogens is 2. The van der Waals surface area contributed by atoms with E-state index in [4.69, 9.17) is 9.97 Å². The molecule has 44 heavy (non-hydrogen) atoms. The summed E-state index contributed by atoms with van der Waals surface area (Å²) in [6.45, 7) is 7.58. The molecule has 0 bridgehead atoms. The number of nitrogens with zero attached hydrogens (tertiary/aromatic N) is 5. The van der Waals surface area contributed by atoms with Gasteiger partial charge in [-0.15, -0.1) is 11.3 Å². The molecule has 5 aromatic rings. The minimum atomic E-state index is -0.296. The van der Waals surface area contributed by atoms with Crippen molar-refractivity contribution in [1.29, 1.82) is 0 Å². The molecule has 2 aliphatic rings. The largest absolute Gasteiger partial charge is 0.367 e. The number of carbonyl (C=O) groups is 1. The van der Waals surface area contributed by atoms with Crippen molar-refractivity contribution in [2.75, 3.05) is 37.6 Å². The second-order valence-corrected chi connectivity index (χ2v) is 12.3. The summed E-state index contributed by atoms with van der Waals surface area (Å²) in [5.41, 5.74) is 6.69. The van der Waals surface area contributed by atoms with Crippen LogP contribution >= 0.6 is 11.3 Å². The van der Waals surface area contributed by atoms with Crippen molar-refractivity contribution in [1.82, 2.24) is 24.6 Å². The summed E-state index contributed by atoms with van der Waals surface area (Å²) in [4.78, 5) is 26.7. The Hall–Kier alpha value is -4.15. The molecule has 1 amide bonds. The van der Waals surface area contributed by atoms with Crippen LogP contribution < -0.4 is 10.2 Å². The Morgan fingerprint density at radius 1 is 1.00 bits per heavy atom. The molecule has 2 aromatic carbocycles. The van der Waals surface area contributed by atoms with Crippen molar-refractivity contribution in [2.24, 2.45) is 0 Å². The van der Waals surface area contributed by atoms with Crippen molar-refractivity contribution >= 4 is 28.6 Å². The van der Waals surface area contributed by atoms with Gasteiger partial charge in [-0.05, 0) is 80.8 Å². The number of thiazole rings is 1. The van der Waals surface area contributed by atoms with Crippen LogP contribution in [0.25, 0.3) is 38.7 Å². The highest BCUT2D eigenvalue weighted by atomic mass is 32.1. The second kappa shape index (κ2) is 11.7. The number of piperazine rings is 1. The van der Waals surface area contributed by atoms with E-state index >= 15 is 4.39 Å². The highest BCUT2D eigenvalue weighted by Crippen LogP contribution is 2.37. The van der Waals surface area contributed by atoms with Crippen LogP contribution in [0.2, 0.25) is 0 Å². The Kier molecular flexibility index (Phi) is 7.63. The van der Waals surface area contributed by atoms with Crippen molar-refractivity contribution in [3.63, 3.8) is 0 Å². The maximum atomic E-state index is 16.3. The van der Waals surface area contributed by atoms with Gasteiger partial charge in [-0.2, -0.15) is 0 Å². The van der Waals surface area contributed by atoms with Crippen LogP contribution in [0.4, 0.5) is 14.5 Å². The molecule has 5 heterocycles. The van der Waals surface area contributed by atoms with E-state index in [1.54, 1.807) is 19.1 Å². The standard InChI is InChI=1S/C34H34F2N6OS/c1-3-27-32(26-12-11-25(21(2)31(26)36)33-39-29(20-44-33)22-6-8-23(35)9-7-22)42-19-24(10-13-30(42)38-27)40-15-17-41(18-16-40)34(43)28-5-4-14-37-28/h6-13,19-20,28,37H,3-5,14-18H2,1-2H3. The number of pyridine rings is 1. The first kappa shape index (κ1) is 28.6. The van der Waals surface area contributed by atoms with E-state index in [1.807, 2.05) is 46.0 Å². The number of fused-ring (bicyclic) bond motifs is 1. The van der Waals surface area contributed by atoms with Crippen LogP contribution in [0, 0.1) is 18.6 Å². The van der Waals surface area contributed by atoms with Gasteiger partial charge in [-0.1, -0.05) is 13.0 Å². The molecule has 2 saturated heterocycles. The number of rotatable bonds is 6. The first-order valence-corrected chi connectivity index (χ1v) is 16.1. The zero-order chi connectivity index (χ0) is 30.4. The van der Waals surface area contributed by atoms with Crippen molar-refractivity contribution in [3.05, 3.63) is 83.0 Å². The van der Waals surface area contributed by atoms with Gasteiger partial charge >= 0.3 is 0 Å². The fraction of sp³-hybridized carbons (Fsp3) is 0.324. The maximum absolute atomic E-state index is 16.3. The molecule has 226 valence electrons. The van der Waals surface area contributed by atoms with Crippen LogP contribution in [0.1, 0.15) is 31.0 Å². The Balaban J connectivity index is 1.18. The Bertz CT molecular complexity index is 1830. The number of imidazole rings is 1. The number of hydrogen-bond acceptors (Lipinski definition) is 6. The zero-order valence-corrected chi connectivity index (χ0v) is 25.6. The molecule has 0 aliphatic carbocycles. The number of benzene rings is 2. The van der Waals surface area contributed by atoms with E-state index in [0.717, 1.165) is 72.0 Å². The van der Waals surface area contributed by atoms with Crippen LogP contribution in [0.5, 0.6) is 0 Å². The monoisotopic (exact) mass is 612 g/mol. The van der Waals surface area contributed by atoms with E-state index in [2.05, 4.69) is 16.3 Å². The molecule has 1 unspecified atom stereocenters. The summed E-state index contributed by atoms with van der Waals surface area (Å²) in [5, 5.41) is 5.94. The molecule has 2 aliphatic heterocycles. The van der Waals surface area contributed by atoms with Gasteiger partial charge in [-0.25, -0.2) is 18.7 Å². The first-order chi connectivity index (χ1) is 21.4. The minimum absolute atomic E-state index is 0.0453. The summed E-state index contributed by atoms with van der Waals surface area (Å²) in [5.74, 6) is -0.383. The second-order valence-electron chi connectivity index (χ2n) is 11.5. The van der Waals surface area contributed by atoms with Gasteiger partial charge in [0.05, 0.1) is 28.8 Å². The maximum Gasteiger partial charge on any atom is 0.239 e. The summed E-state index contributed by atoms with van der Waals surface area (Å²) < 4.78 is 31.7. The molecule has 0 radical (unpaired) electrons. The SMILES string of the molecule is CCc1nc2ccc(N3CCN(C(=O)C4CCCN4)CC3)cn2c1-c1ccc(-c2nc(-c3ccc(F)cc3)cs2)c(C)c1F. The first-order valence-electron chi connectivity index (χ1n) is 15.2. The molecule has 10 heteroatoms. The van der Waals surface area contributed by atoms with E-state index in [0.29, 0.717) is 35.6 Å². The summed E-state index contributed by atoms with van der Waals surface area (Å²) in [7, 11) is 0. The number of carbonyl (C=O) groups excluding carboxylic acids is 1. The van der Waals surface area contributed by atoms with Gasteiger partial charge in [0.1, 0.15) is 22.3 Å². The Morgan fingerprint density at radius 2 is 1.77 bits per heavy atom. The normalized spacial score (nSPS) is 17.1. The van der Waals surface area contributed by atoms with E-state index in [-0.39, 0.29) is 23.6 Å². The molecule has 7 rings (SSSR count). The van der Waals surface area contributed by atoms with Gasteiger partial charge in [0.25, 0.3) is 0 Å². The van der Waals surface area contributed by atoms with Gasteiger partial charge in [0.2, 0.25) is 5.91 Å². The Morgan fingerprint density at radius 3 is 2.50 bits per heavy atom. The third kappa shape index (κ3) is 5.16. The highest BCUT2D eigenvalue weighted by Gasteiger charge is 2.29. The average molecular weight is 613 g/mol. The fourth-order valence-electron chi connectivity index (χ4n) is 6.35. The van der Waals surface area contributed by atoms with Crippen LogP contribution in [0.3, 0.4) is 0 Å². The molecule has 2 fully saturated rings. The van der Waals surface area contributed by atoms with E-state index in [9.17, 15) is 9.18 Å². The lowest BCUT2D eigenvalue weighted by atomic mass is 10.0. The van der Waals surface area contributed by atoms with Crippen LogP contribution in [0.15, 0.2) is 60.1 Å². The Labute approximate surface area is 259 Å². The quantitative estimate of drug-likeness (QED) is 0.243. The number of anilines is 1. The number of hydrogen-bond donors (Lipinski definition) is 1. The number of nitrogens with one attached hydrogen (secondary N) is 1. The molecule has 0 spiro atoms. The predicted molar refractivity (Wildman–Crippen MR) is 171 cm³/mol. The fourth-order valence-corrected chi connectivity index (χ4v) is 7.26. The molecular formula is C34H34F2N6OS. The van der Waals surface area contributed by atoms with Gasteiger partial charge < -0.3 is 15.1 Å². The summed E-state index contributed by atoms with van der Waals surface area (Å²) >= 11 is 1.44. The summed E-state index contributed by atoms with van der Waals surface area (Å²) in [6.07, 6.45) is 4.67. The molecular weight excluding hydrogens is 578 g/mol. The average Bonchev–Trinajstić information content (AvgIpc) is 3.83. The third-order valence-electron chi connectivity index (χ3n) is 8.84. The summed E-state index contributed by atoms with van der Waals surface area (Å²) in [6, 6.07) is 14.0. The zero-order valence-electron chi connectivity index (χ0n) is 24.8. The third-order valence-corrected chi connectivity index (χ3v) is 9.72. The number of aryl methyl sites for hydroxylation is 1. The van der Waals surface area contributed by atoms with Crippen molar-refractivity contribution in [3.8, 4) is 33.1 Å². The number of aromatic nitrogens is 3. The lowest BCUT2D eigenvalue weighted by Gasteiger charge is -2.37. The smallest absolute Gasteiger partial charge is 0.239 e. The molecule has 3 aromatic heterocycles. The van der Waals surface area contributed by atoms with Crippen molar-refractivity contribution in [2.45, 2.75) is 39.2 Å². The lowest BCUT2D eigenvalue weighted by molar-refractivity contribution is -0.133. The van der Waals surface area contributed by atoms with E-state index < -0.39 is 0 Å². The van der Waals surface area contributed by atoms with E-state index in [1.165, 1.54) is 23.5 Å². The number of amides is 1. The predicted octanol–water partition coefficient (Wildman–Crippen LogP) is 6.34. The molecule has 1 atom stereocenters. The van der Waals surface area contributed by atoms with Crippen LogP contribution in [-0.4, -0.2) is 63.9 Å². The van der Waals surface area contributed by atoms with Gasteiger partial charge in [-0.3, -0.25) is 9.20 Å². The van der Waals surface area contributed by atoms with Crippen molar-refractivity contribution < 1.29 is 13.6 Å². The molecule has 7 nitrogen and oxygen atoms in total. The molecule has 1 N–H and O–H groups in total. The topological polar surface area (TPSA) is 65.8 Å². The van der Waals surface area contributed by atoms with Gasteiger partial charge in [0.15, 0.2) is 0 Å². The molecule has 0 saturated carbocycles. The lowest BCUT2D eigenvalue weighted by Crippen LogP contribution is -2.53. The van der Waals surface area contributed by atoms with Gasteiger partial charge in [0, 0.05) is 54.4 Å². The minimum Gasteiger partial charge on any atom is -0.367 e. The highest BCUT2D eigenvalue weighted by molar-refractivity contribution is 7.13.